The van der Waals surface area contributed by atoms with Crippen molar-refractivity contribution in [1.29, 1.82) is 0 Å². The number of nitrogens with two attached hydrogens (primary N) is 1. The average Bonchev–Trinajstić information content (AvgIpc) is 3.10. The van der Waals surface area contributed by atoms with Crippen LogP contribution in [0.1, 0.15) is 23.5 Å². The molecule has 158 valence electrons. The third-order valence-corrected chi connectivity index (χ3v) is 6.50. The van der Waals surface area contributed by atoms with Crippen LogP contribution in [0.5, 0.6) is 5.75 Å². The highest BCUT2D eigenvalue weighted by atomic mass is 32.2. The Morgan fingerprint density at radius 2 is 1.68 bits per heavy atom. The second-order valence-electron chi connectivity index (χ2n) is 7.22. The summed E-state index contributed by atoms with van der Waals surface area (Å²) in [6.45, 7) is 2.80. The zero-order chi connectivity index (χ0) is 21.8. The Hall–Kier alpha value is -3.45. The van der Waals surface area contributed by atoms with E-state index in [0.29, 0.717) is 23.8 Å². The number of aromatic nitrogens is 1. The van der Waals surface area contributed by atoms with Crippen LogP contribution in [0.15, 0.2) is 94.4 Å². The van der Waals surface area contributed by atoms with Gasteiger partial charge in [0.1, 0.15) is 12.4 Å². The maximum absolute atomic E-state index is 12.9. The molecule has 2 heterocycles. The Morgan fingerprint density at radius 1 is 1.03 bits per heavy atom. The van der Waals surface area contributed by atoms with Crippen molar-refractivity contribution in [3.05, 3.63) is 111 Å². The van der Waals surface area contributed by atoms with Crippen LogP contribution in [0.4, 0.5) is 0 Å². The van der Waals surface area contributed by atoms with E-state index >= 15 is 0 Å². The molecule has 0 spiro atoms. The molecule has 1 amide bonds. The highest BCUT2D eigenvalue weighted by Crippen LogP contribution is 2.44. The lowest BCUT2D eigenvalue weighted by atomic mass is 10.2. The zero-order valence-corrected chi connectivity index (χ0v) is 17.9. The monoisotopic (exact) mass is 433 g/mol. The minimum atomic E-state index is -0.487. The molecule has 0 aliphatic carbocycles. The van der Waals surface area contributed by atoms with Gasteiger partial charge in [-0.15, -0.1) is 0 Å². The van der Waals surface area contributed by atoms with Crippen molar-refractivity contribution in [3.8, 4) is 5.75 Å². The minimum absolute atomic E-state index is 0.209. The van der Waals surface area contributed by atoms with E-state index in [0.717, 1.165) is 16.8 Å². The van der Waals surface area contributed by atoms with Crippen molar-refractivity contribution < 1.29 is 9.53 Å². The third-order valence-electron chi connectivity index (χ3n) is 5.07. The van der Waals surface area contributed by atoms with Crippen LogP contribution in [0.2, 0.25) is 0 Å². The fraction of sp³-hybridized carbons (Fsp3) is 0.167. The van der Waals surface area contributed by atoms with Crippen molar-refractivity contribution in [2.24, 2.45) is 5.73 Å². The molecule has 1 aromatic heterocycles. The van der Waals surface area contributed by atoms with Crippen LogP contribution in [0.25, 0.3) is 0 Å². The molecule has 7 heteroatoms. The fourth-order valence-electron chi connectivity index (χ4n) is 3.46. The Balaban J connectivity index is 1.57. The molecule has 6 nitrogen and oxygen atoms in total. The lowest BCUT2D eigenvalue weighted by Crippen LogP contribution is -2.32. The van der Waals surface area contributed by atoms with Crippen LogP contribution in [0.3, 0.4) is 0 Å². The summed E-state index contributed by atoms with van der Waals surface area (Å²) in [7, 11) is 0. The molecule has 0 saturated carbocycles. The quantitative estimate of drug-likeness (QED) is 0.612. The van der Waals surface area contributed by atoms with Gasteiger partial charge in [0.05, 0.1) is 4.91 Å². The molecular formula is C24H23N3O3S. The number of benzene rings is 2. The zero-order valence-electron chi connectivity index (χ0n) is 17.1. The van der Waals surface area contributed by atoms with Gasteiger partial charge in [-0.3, -0.25) is 14.2 Å². The normalized spacial score (nSPS) is 15.9. The molecule has 1 atom stereocenters. The van der Waals surface area contributed by atoms with Crippen molar-refractivity contribution in [2.45, 2.75) is 25.6 Å². The molecule has 1 unspecified atom stereocenters. The van der Waals surface area contributed by atoms with Gasteiger partial charge in [-0.25, -0.2) is 0 Å². The van der Waals surface area contributed by atoms with Crippen molar-refractivity contribution in [3.63, 3.8) is 0 Å². The van der Waals surface area contributed by atoms with Crippen LogP contribution >= 0.6 is 11.8 Å². The standard InChI is InChI=1S/C24H23N3O3S/c1-17-22(23(25)29)31-24(27(17)15-18-8-4-2-5-9-18)26-13-12-20(14-21(26)28)30-16-19-10-6-3-7-11-19/h2-14,24H,15-16H2,1H3,(H2,25,29). The van der Waals surface area contributed by atoms with E-state index in [-0.39, 0.29) is 5.56 Å². The lowest BCUT2D eigenvalue weighted by molar-refractivity contribution is -0.114. The molecular weight excluding hydrogens is 410 g/mol. The SMILES string of the molecule is CC1=C(C(N)=O)SC(n2ccc(OCc3ccccc3)cc2=O)N1Cc1ccccc1. The number of nitrogens with zero attached hydrogens (tertiary/aromatic N) is 2. The minimum Gasteiger partial charge on any atom is -0.489 e. The van der Waals surface area contributed by atoms with E-state index in [1.165, 1.54) is 17.8 Å². The summed E-state index contributed by atoms with van der Waals surface area (Å²) < 4.78 is 7.37. The van der Waals surface area contributed by atoms with Gasteiger partial charge in [-0.2, -0.15) is 0 Å². The molecule has 0 fully saturated rings. The Kier molecular flexibility index (Phi) is 6.13. The number of allylic oxidation sites excluding steroid dienone is 1. The van der Waals surface area contributed by atoms with E-state index in [1.807, 2.05) is 72.5 Å². The summed E-state index contributed by atoms with van der Waals surface area (Å²) in [6, 6.07) is 22.9. The first-order valence-electron chi connectivity index (χ1n) is 9.90. The molecule has 0 radical (unpaired) electrons. The highest BCUT2D eigenvalue weighted by Gasteiger charge is 2.34. The molecule has 0 saturated heterocycles. The smallest absolute Gasteiger partial charge is 0.257 e. The number of primary amides is 1. The van der Waals surface area contributed by atoms with E-state index in [4.69, 9.17) is 10.5 Å². The number of carbonyl (C=O) groups excluding carboxylic acids is 1. The van der Waals surface area contributed by atoms with Crippen molar-refractivity contribution in [1.82, 2.24) is 9.47 Å². The predicted octanol–water partition coefficient (Wildman–Crippen LogP) is 3.85. The molecule has 1 aliphatic heterocycles. The molecule has 2 aromatic carbocycles. The lowest BCUT2D eigenvalue weighted by Gasteiger charge is -2.29. The van der Waals surface area contributed by atoms with E-state index in [1.54, 1.807) is 16.8 Å². The highest BCUT2D eigenvalue weighted by molar-refractivity contribution is 8.04. The maximum atomic E-state index is 12.9. The molecule has 2 N–H and O–H groups in total. The fourth-order valence-corrected chi connectivity index (χ4v) is 4.72. The van der Waals surface area contributed by atoms with Crippen LogP contribution < -0.4 is 16.0 Å². The second kappa shape index (κ2) is 9.14. The number of rotatable bonds is 7. The maximum Gasteiger partial charge on any atom is 0.257 e. The number of carbonyl (C=O) groups is 1. The van der Waals surface area contributed by atoms with E-state index in [9.17, 15) is 9.59 Å². The first kappa shape index (κ1) is 20.8. The number of ether oxygens (including phenoxy) is 1. The van der Waals surface area contributed by atoms with Crippen LogP contribution in [0, 0.1) is 0 Å². The first-order valence-corrected chi connectivity index (χ1v) is 10.8. The summed E-state index contributed by atoms with van der Waals surface area (Å²) in [4.78, 5) is 27.4. The van der Waals surface area contributed by atoms with Crippen LogP contribution in [-0.2, 0) is 17.9 Å². The summed E-state index contributed by atoms with van der Waals surface area (Å²) in [6.07, 6.45) is 1.70. The number of thioether (sulfide) groups is 1. The Bertz CT molecular complexity index is 1160. The molecule has 0 bridgehead atoms. The van der Waals surface area contributed by atoms with Gasteiger partial charge in [-0.05, 0) is 24.1 Å². The number of hydrogen-bond acceptors (Lipinski definition) is 5. The summed E-state index contributed by atoms with van der Waals surface area (Å²) in [5.74, 6) is 0.0152. The topological polar surface area (TPSA) is 77.6 Å². The van der Waals surface area contributed by atoms with Gasteiger partial charge < -0.3 is 15.4 Å². The molecule has 1 aliphatic rings. The van der Waals surface area contributed by atoms with E-state index in [2.05, 4.69) is 0 Å². The van der Waals surface area contributed by atoms with Gasteiger partial charge >= 0.3 is 0 Å². The number of pyridine rings is 1. The average molecular weight is 434 g/mol. The number of amides is 1. The summed E-state index contributed by atoms with van der Waals surface area (Å²) in [5.41, 5.74) is 7.85. The largest absolute Gasteiger partial charge is 0.489 e. The summed E-state index contributed by atoms with van der Waals surface area (Å²) in [5, 5.41) is 0. The molecule has 4 rings (SSSR count). The Morgan fingerprint density at radius 3 is 2.29 bits per heavy atom. The van der Waals surface area contributed by atoms with Crippen LogP contribution in [-0.4, -0.2) is 15.4 Å². The first-order chi connectivity index (χ1) is 15.0. The van der Waals surface area contributed by atoms with Crippen molar-refractivity contribution >= 4 is 17.7 Å². The van der Waals surface area contributed by atoms with Gasteiger partial charge in [-0.1, -0.05) is 72.4 Å². The number of hydrogen-bond donors (Lipinski definition) is 1. The molecule has 31 heavy (non-hydrogen) atoms. The van der Waals surface area contributed by atoms with Gasteiger partial charge in [0.15, 0.2) is 5.50 Å². The third kappa shape index (κ3) is 4.67. The summed E-state index contributed by atoms with van der Waals surface area (Å²) >= 11 is 1.29. The van der Waals surface area contributed by atoms with Crippen molar-refractivity contribution in [2.75, 3.05) is 0 Å². The van der Waals surface area contributed by atoms with Gasteiger partial charge in [0.2, 0.25) is 0 Å². The Labute approximate surface area is 184 Å². The molecule has 3 aromatic rings. The van der Waals surface area contributed by atoms with E-state index < -0.39 is 11.4 Å². The van der Waals surface area contributed by atoms with Gasteiger partial charge in [0.25, 0.3) is 11.5 Å². The second-order valence-corrected chi connectivity index (χ2v) is 8.28. The predicted molar refractivity (Wildman–Crippen MR) is 122 cm³/mol. The van der Waals surface area contributed by atoms with Gasteiger partial charge in [0, 0.05) is 24.5 Å².